The molecule has 0 amide bonds. The lowest BCUT2D eigenvalue weighted by Gasteiger charge is -2.15. The first-order valence-corrected chi connectivity index (χ1v) is 7.30. The van der Waals surface area contributed by atoms with Gasteiger partial charge >= 0.3 is 0 Å². The van der Waals surface area contributed by atoms with Crippen molar-refractivity contribution in [1.82, 2.24) is 5.32 Å². The van der Waals surface area contributed by atoms with E-state index < -0.39 is 0 Å². The largest absolute Gasteiger partial charge is 0.474 e. The van der Waals surface area contributed by atoms with Crippen molar-refractivity contribution in [3.8, 4) is 0 Å². The molecular weight excluding hydrogens is 292 g/mol. The van der Waals surface area contributed by atoms with Crippen LogP contribution in [0.25, 0.3) is 0 Å². The molecule has 0 aromatic heterocycles. The normalized spacial score (nSPS) is 27.1. The maximum Gasteiger partial charge on any atom is 0.201 e. The van der Waals surface area contributed by atoms with Crippen molar-refractivity contribution in [2.24, 2.45) is 4.99 Å². The van der Waals surface area contributed by atoms with Crippen LogP contribution in [0.5, 0.6) is 0 Å². The highest BCUT2D eigenvalue weighted by Gasteiger charge is 2.28. The Morgan fingerprint density at radius 2 is 2.28 bits per heavy atom. The summed E-state index contributed by atoms with van der Waals surface area (Å²) >= 11 is 3.58. The molecule has 2 atom stereocenters. The molecule has 0 bridgehead atoms. The fourth-order valence-corrected chi connectivity index (χ4v) is 2.99. The minimum Gasteiger partial charge on any atom is -0.474 e. The first-order valence-electron chi connectivity index (χ1n) is 6.51. The van der Waals surface area contributed by atoms with Crippen LogP contribution < -0.4 is 5.32 Å². The van der Waals surface area contributed by atoms with Crippen molar-refractivity contribution in [2.75, 3.05) is 13.1 Å². The van der Waals surface area contributed by atoms with E-state index >= 15 is 0 Å². The van der Waals surface area contributed by atoms with E-state index in [-0.39, 0.29) is 6.10 Å². The van der Waals surface area contributed by atoms with Crippen LogP contribution in [0.3, 0.4) is 0 Å². The summed E-state index contributed by atoms with van der Waals surface area (Å²) in [5.74, 6) is 0.921. The van der Waals surface area contributed by atoms with Crippen LogP contribution in [0.4, 0.5) is 0 Å². The summed E-state index contributed by atoms with van der Waals surface area (Å²) in [5.41, 5.74) is 1.29. The van der Waals surface area contributed by atoms with Gasteiger partial charge in [0.25, 0.3) is 0 Å². The topological polar surface area (TPSA) is 33.6 Å². The molecule has 0 spiro atoms. The van der Waals surface area contributed by atoms with Gasteiger partial charge in [-0.3, -0.25) is 4.99 Å². The third-order valence-corrected chi connectivity index (χ3v) is 4.28. The van der Waals surface area contributed by atoms with Crippen LogP contribution in [0.2, 0.25) is 0 Å². The quantitative estimate of drug-likeness (QED) is 0.931. The first-order chi connectivity index (χ1) is 8.83. The fourth-order valence-electron chi connectivity index (χ4n) is 2.54. The van der Waals surface area contributed by atoms with Crippen LogP contribution in [0.1, 0.15) is 18.4 Å². The van der Waals surface area contributed by atoms with Gasteiger partial charge in [0.1, 0.15) is 6.10 Å². The summed E-state index contributed by atoms with van der Waals surface area (Å²) in [6.45, 7) is 1.87. The van der Waals surface area contributed by atoms with E-state index in [2.05, 4.69) is 44.4 Å². The zero-order valence-corrected chi connectivity index (χ0v) is 11.8. The molecule has 2 aliphatic rings. The molecule has 2 unspecified atom stereocenters. The molecule has 2 aliphatic heterocycles. The molecule has 1 fully saturated rings. The van der Waals surface area contributed by atoms with Gasteiger partial charge in [-0.15, -0.1) is 0 Å². The minimum atomic E-state index is 0.195. The van der Waals surface area contributed by atoms with E-state index in [0.717, 1.165) is 36.3 Å². The smallest absolute Gasteiger partial charge is 0.201 e. The van der Waals surface area contributed by atoms with E-state index in [4.69, 9.17) is 4.74 Å². The molecule has 1 saturated heterocycles. The Morgan fingerprint density at radius 3 is 3.06 bits per heavy atom. The van der Waals surface area contributed by atoms with Gasteiger partial charge in [-0.25, -0.2) is 0 Å². The average molecular weight is 309 g/mol. The Morgan fingerprint density at radius 1 is 1.39 bits per heavy atom. The van der Waals surface area contributed by atoms with Crippen LogP contribution in [-0.2, 0) is 11.2 Å². The summed E-state index contributed by atoms with van der Waals surface area (Å²) in [4.78, 5) is 4.54. The standard InChI is InChI=1S/C14H17BrN2O/c15-12-5-2-1-4-10(12)8-11-9-17-14(18-11)13-6-3-7-16-13/h1-2,4-5,11,13,16H,3,6-9H2. The number of aliphatic imine (C=N–C) groups is 1. The predicted octanol–water partition coefficient (Wildman–Crippen LogP) is 2.54. The van der Waals surface area contributed by atoms with Crippen molar-refractivity contribution < 1.29 is 4.74 Å². The Hall–Kier alpha value is -0.870. The van der Waals surface area contributed by atoms with Gasteiger partial charge in [-0.2, -0.15) is 0 Å². The summed E-state index contributed by atoms with van der Waals surface area (Å²) in [6.07, 6.45) is 3.49. The number of benzene rings is 1. The van der Waals surface area contributed by atoms with Gasteiger partial charge in [0.15, 0.2) is 0 Å². The Labute approximate surface area is 116 Å². The third kappa shape index (κ3) is 2.59. The number of nitrogens with one attached hydrogen (secondary N) is 1. The highest BCUT2D eigenvalue weighted by atomic mass is 79.9. The molecule has 18 heavy (non-hydrogen) atoms. The van der Waals surface area contributed by atoms with E-state index in [1.54, 1.807) is 0 Å². The second-order valence-electron chi connectivity index (χ2n) is 4.86. The second kappa shape index (κ2) is 5.41. The van der Waals surface area contributed by atoms with E-state index in [9.17, 15) is 0 Å². The second-order valence-corrected chi connectivity index (χ2v) is 5.72. The number of ether oxygens (including phenoxy) is 1. The van der Waals surface area contributed by atoms with Gasteiger partial charge < -0.3 is 10.1 Å². The van der Waals surface area contributed by atoms with Gasteiger partial charge in [-0.1, -0.05) is 34.1 Å². The summed E-state index contributed by atoms with van der Waals surface area (Å²) < 4.78 is 7.12. The molecule has 3 rings (SSSR count). The number of hydrogen-bond acceptors (Lipinski definition) is 3. The van der Waals surface area contributed by atoms with Gasteiger partial charge in [0, 0.05) is 10.9 Å². The van der Waals surface area contributed by atoms with E-state index in [0.29, 0.717) is 6.04 Å². The molecule has 0 aliphatic carbocycles. The van der Waals surface area contributed by atoms with E-state index in [1.165, 1.54) is 12.0 Å². The first kappa shape index (κ1) is 12.2. The average Bonchev–Trinajstić information content (AvgIpc) is 3.02. The van der Waals surface area contributed by atoms with Gasteiger partial charge in [-0.05, 0) is 31.0 Å². The summed E-state index contributed by atoms with van der Waals surface area (Å²) in [6, 6.07) is 8.67. The monoisotopic (exact) mass is 308 g/mol. The maximum atomic E-state index is 5.97. The van der Waals surface area contributed by atoms with Crippen molar-refractivity contribution >= 4 is 21.8 Å². The lowest BCUT2D eigenvalue weighted by Crippen LogP contribution is -2.32. The third-order valence-electron chi connectivity index (χ3n) is 3.50. The molecule has 1 aromatic rings. The van der Waals surface area contributed by atoms with Crippen LogP contribution in [-0.4, -0.2) is 31.1 Å². The number of rotatable bonds is 3. The van der Waals surface area contributed by atoms with Crippen molar-refractivity contribution in [1.29, 1.82) is 0 Å². The van der Waals surface area contributed by atoms with Crippen LogP contribution >= 0.6 is 15.9 Å². The Balaban J connectivity index is 1.59. The fraction of sp³-hybridized carbons (Fsp3) is 0.500. The SMILES string of the molecule is Brc1ccccc1CC1CN=C(C2CCCN2)O1. The molecule has 1 N–H and O–H groups in total. The predicted molar refractivity (Wildman–Crippen MR) is 76.0 cm³/mol. The Kier molecular flexibility index (Phi) is 3.66. The number of nitrogens with zero attached hydrogens (tertiary/aromatic N) is 1. The molecule has 4 heteroatoms. The summed E-state index contributed by atoms with van der Waals surface area (Å²) in [5, 5.41) is 3.43. The highest BCUT2D eigenvalue weighted by Crippen LogP contribution is 2.21. The lowest BCUT2D eigenvalue weighted by molar-refractivity contribution is 0.214. The molecule has 0 saturated carbocycles. The highest BCUT2D eigenvalue weighted by molar-refractivity contribution is 9.10. The van der Waals surface area contributed by atoms with Crippen molar-refractivity contribution in [3.63, 3.8) is 0 Å². The zero-order chi connectivity index (χ0) is 12.4. The summed E-state index contributed by atoms with van der Waals surface area (Å²) in [7, 11) is 0. The van der Waals surface area contributed by atoms with Gasteiger partial charge in [0.2, 0.25) is 5.90 Å². The molecule has 2 heterocycles. The van der Waals surface area contributed by atoms with Gasteiger partial charge in [0.05, 0.1) is 12.6 Å². The minimum absolute atomic E-state index is 0.195. The number of halogens is 1. The lowest BCUT2D eigenvalue weighted by atomic mass is 10.1. The molecular formula is C14H17BrN2O. The zero-order valence-electron chi connectivity index (χ0n) is 10.2. The van der Waals surface area contributed by atoms with Crippen LogP contribution in [0.15, 0.2) is 33.7 Å². The van der Waals surface area contributed by atoms with Crippen LogP contribution in [0, 0.1) is 0 Å². The van der Waals surface area contributed by atoms with Crippen molar-refractivity contribution in [3.05, 3.63) is 34.3 Å². The number of hydrogen-bond donors (Lipinski definition) is 1. The molecule has 1 aromatic carbocycles. The molecule has 3 nitrogen and oxygen atoms in total. The molecule has 0 radical (unpaired) electrons. The van der Waals surface area contributed by atoms with Crippen molar-refractivity contribution in [2.45, 2.75) is 31.4 Å². The Bertz CT molecular complexity index is 455. The maximum absolute atomic E-state index is 5.97. The molecule has 96 valence electrons. The van der Waals surface area contributed by atoms with E-state index in [1.807, 2.05) is 6.07 Å².